The second kappa shape index (κ2) is 8.91. The number of ether oxygens (including phenoxy) is 1. The summed E-state index contributed by atoms with van der Waals surface area (Å²) in [5.41, 5.74) is 1.24. The van der Waals surface area contributed by atoms with E-state index in [4.69, 9.17) is 16.3 Å². The third-order valence-electron chi connectivity index (χ3n) is 2.16. The third-order valence-corrected chi connectivity index (χ3v) is 4.07. The van der Waals surface area contributed by atoms with Crippen molar-refractivity contribution in [2.24, 2.45) is 0 Å². The highest BCUT2D eigenvalue weighted by Crippen LogP contribution is 2.12. The van der Waals surface area contributed by atoms with Crippen LogP contribution in [-0.2, 0) is 11.3 Å². The fourth-order valence-electron chi connectivity index (χ4n) is 1.25. The lowest BCUT2D eigenvalue weighted by Crippen LogP contribution is -2.01. The Bertz CT molecular complexity index is 266. The molecule has 1 atom stereocenters. The lowest BCUT2D eigenvalue weighted by molar-refractivity contribution is 0.122. The van der Waals surface area contributed by atoms with Gasteiger partial charge in [-0.25, -0.2) is 0 Å². The molecule has 0 aromatic heterocycles. The second-order valence-corrected chi connectivity index (χ2v) is 5.58. The summed E-state index contributed by atoms with van der Waals surface area (Å²) in [6.07, 6.45) is 1.10. The summed E-state index contributed by atoms with van der Waals surface area (Å²) in [7, 11) is 0. The number of hydrogen-bond donors (Lipinski definition) is 0. The van der Waals surface area contributed by atoms with Crippen molar-refractivity contribution in [1.82, 2.24) is 0 Å². The van der Waals surface area contributed by atoms with Crippen LogP contribution in [0.1, 0.15) is 18.9 Å². The smallest absolute Gasteiger partial charge is 0.0716 e. The van der Waals surface area contributed by atoms with Crippen molar-refractivity contribution < 1.29 is 4.74 Å². The lowest BCUT2D eigenvalue weighted by Gasteiger charge is -2.07. The third kappa shape index (κ3) is 6.41. The van der Waals surface area contributed by atoms with Gasteiger partial charge in [-0.3, -0.25) is 0 Å². The number of benzene rings is 1. The van der Waals surface area contributed by atoms with Gasteiger partial charge in [0.05, 0.1) is 6.61 Å². The van der Waals surface area contributed by atoms with Gasteiger partial charge >= 0.3 is 0 Å². The van der Waals surface area contributed by atoms with E-state index < -0.39 is 0 Å². The molecule has 1 aromatic carbocycles. The fraction of sp³-hybridized carbons (Fsp3) is 0.538. The molecule has 0 saturated carbocycles. The molecule has 0 spiro atoms. The molecule has 0 N–H and O–H groups in total. The van der Waals surface area contributed by atoms with Crippen LogP contribution in [0.4, 0.5) is 0 Å². The summed E-state index contributed by atoms with van der Waals surface area (Å²) in [4.78, 5) is 0. The fourth-order valence-corrected chi connectivity index (χ4v) is 2.30. The van der Waals surface area contributed by atoms with Crippen LogP contribution in [0.3, 0.4) is 0 Å². The van der Waals surface area contributed by atoms with Gasteiger partial charge in [-0.1, -0.05) is 37.3 Å². The first kappa shape index (κ1) is 13.9. The number of alkyl halides is 1. The largest absolute Gasteiger partial charge is 0.377 e. The van der Waals surface area contributed by atoms with Crippen LogP contribution < -0.4 is 0 Å². The number of hydrogen-bond acceptors (Lipinski definition) is 2. The molecule has 0 amide bonds. The molecule has 0 aliphatic heterocycles. The Morgan fingerprint density at radius 1 is 1.31 bits per heavy atom. The average molecular weight is 259 g/mol. The molecular formula is C13H19ClOS. The van der Waals surface area contributed by atoms with E-state index in [0.717, 1.165) is 31.3 Å². The molecule has 0 radical (unpaired) electrons. The van der Waals surface area contributed by atoms with Crippen LogP contribution in [0.2, 0.25) is 0 Å². The van der Waals surface area contributed by atoms with E-state index in [9.17, 15) is 0 Å². The van der Waals surface area contributed by atoms with Crippen molar-refractivity contribution in [3.8, 4) is 0 Å². The SMILES string of the molecule is CC(CCl)SCCCOCc1ccccc1. The van der Waals surface area contributed by atoms with Crippen LogP contribution in [0.25, 0.3) is 0 Å². The van der Waals surface area contributed by atoms with E-state index in [1.165, 1.54) is 5.56 Å². The molecule has 0 aliphatic rings. The summed E-state index contributed by atoms with van der Waals surface area (Å²) in [5, 5.41) is 0.552. The molecule has 0 fully saturated rings. The average Bonchev–Trinajstić information content (AvgIpc) is 2.34. The maximum absolute atomic E-state index is 5.72. The predicted octanol–water partition coefficient (Wildman–Crippen LogP) is 3.95. The lowest BCUT2D eigenvalue weighted by atomic mass is 10.2. The first-order chi connectivity index (χ1) is 7.83. The summed E-state index contributed by atoms with van der Waals surface area (Å²) >= 11 is 7.63. The highest BCUT2D eigenvalue weighted by atomic mass is 35.5. The highest BCUT2D eigenvalue weighted by molar-refractivity contribution is 7.99. The predicted molar refractivity (Wildman–Crippen MR) is 73.4 cm³/mol. The Hall–Kier alpha value is -0.180. The van der Waals surface area contributed by atoms with Gasteiger partial charge in [0.1, 0.15) is 0 Å². The van der Waals surface area contributed by atoms with Gasteiger partial charge in [0.15, 0.2) is 0 Å². The van der Waals surface area contributed by atoms with Crippen molar-refractivity contribution in [2.75, 3.05) is 18.2 Å². The molecule has 1 unspecified atom stereocenters. The van der Waals surface area contributed by atoms with Crippen molar-refractivity contribution in [2.45, 2.75) is 25.2 Å². The van der Waals surface area contributed by atoms with Gasteiger partial charge in [-0.15, -0.1) is 11.6 Å². The van der Waals surface area contributed by atoms with Crippen LogP contribution in [-0.4, -0.2) is 23.5 Å². The van der Waals surface area contributed by atoms with Crippen LogP contribution in [0.5, 0.6) is 0 Å². The molecule has 0 heterocycles. The summed E-state index contributed by atoms with van der Waals surface area (Å²) < 4.78 is 5.59. The van der Waals surface area contributed by atoms with Crippen molar-refractivity contribution in [3.63, 3.8) is 0 Å². The van der Waals surface area contributed by atoms with Gasteiger partial charge in [0.25, 0.3) is 0 Å². The van der Waals surface area contributed by atoms with Crippen molar-refractivity contribution >= 4 is 23.4 Å². The molecule has 0 saturated heterocycles. The molecule has 16 heavy (non-hydrogen) atoms. The zero-order valence-electron chi connectivity index (χ0n) is 9.69. The zero-order valence-corrected chi connectivity index (χ0v) is 11.3. The first-order valence-electron chi connectivity index (χ1n) is 5.62. The molecule has 0 bridgehead atoms. The van der Waals surface area contributed by atoms with Gasteiger partial charge in [0.2, 0.25) is 0 Å². The molecule has 1 aromatic rings. The monoisotopic (exact) mass is 258 g/mol. The van der Waals surface area contributed by atoms with E-state index >= 15 is 0 Å². The van der Waals surface area contributed by atoms with Crippen LogP contribution >= 0.6 is 23.4 Å². The van der Waals surface area contributed by atoms with E-state index in [0.29, 0.717) is 5.25 Å². The quantitative estimate of drug-likeness (QED) is 0.516. The molecule has 0 aliphatic carbocycles. The van der Waals surface area contributed by atoms with E-state index in [-0.39, 0.29) is 0 Å². The second-order valence-electron chi connectivity index (χ2n) is 3.73. The minimum absolute atomic E-state index is 0.552. The summed E-state index contributed by atoms with van der Waals surface area (Å²) in [6.45, 7) is 3.70. The molecular weight excluding hydrogens is 240 g/mol. The zero-order chi connectivity index (χ0) is 11.6. The molecule has 90 valence electrons. The van der Waals surface area contributed by atoms with Crippen LogP contribution in [0.15, 0.2) is 30.3 Å². The molecule has 3 heteroatoms. The topological polar surface area (TPSA) is 9.23 Å². The Balaban J connectivity index is 1.96. The van der Waals surface area contributed by atoms with Gasteiger partial charge < -0.3 is 4.74 Å². The van der Waals surface area contributed by atoms with E-state index in [1.807, 2.05) is 30.0 Å². The van der Waals surface area contributed by atoms with Crippen LogP contribution in [0, 0.1) is 0 Å². The maximum Gasteiger partial charge on any atom is 0.0716 e. The maximum atomic E-state index is 5.72. The number of halogens is 1. The number of rotatable bonds is 8. The standard InChI is InChI=1S/C13H19ClOS/c1-12(10-14)16-9-5-8-15-11-13-6-3-2-4-7-13/h2-4,6-7,12H,5,8-11H2,1H3. The van der Waals surface area contributed by atoms with E-state index in [2.05, 4.69) is 19.1 Å². The molecule has 1 rings (SSSR count). The van der Waals surface area contributed by atoms with E-state index in [1.54, 1.807) is 0 Å². The normalized spacial score (nSPS) is 12.6. The summed E-state index contributed by atoms with van der Waals surface area (Å²) in [6, 6.07) is 10.3. The minimum Gasteiger partial charge on any atom is -0.377 e. The Morgan fingerprint density at radius 2 is 2.06 bits per heavy atom. The Labute approximate surface area is 108 Å². The van der Waals surface area contributed by atoms with Crippen molar-refractivity contribution in [1.29, 1.82) is 0 Å². The van der Waals surface area contributed by atoms with Gasteiger partial charge in [-0.05, 0) is 17.7 Å². The highest BCUT2D eigenvalue weighted by Gasteiger charge is 1.99. The number of thioether (sulfide) groups is 1. The first-order valence-corrected chi connectivity index (χ1v) is 7.20. The van der Waals surface area contributed by atoms with Gasteiger partial charge in [-0.2, -0.15) is 11.8 Å². The van der Waals surface area contributed by atoms with Crippen molar-refractivity contribution in [3.05, 3.63) is 35.9 Å². The Kier molecular flexibility index (Phi) is 7.73. The summed E-state index contributed by atoms with van der Waals surface area (Å²) in [5.74, 6) is 1.86. The Morgan fingerprint density at radius 3 is 2.75 bits per heavy atom. The van der Waals surface area contributed by atoms with Gasteiger partial charge in [0, 0.05) is 17.7 Å². The minimum atomic E-state index is 0.552. The molecule has 1 nitrogen and oxygen atoms in total.